The van der Waals surface area contributed by atoms with Crippen LogP contribution in [0.4, 0.5) is 4.39 Å². The van der Waals surface area contributed by atoms with E-state index < -0.39 is 11.9 Å². The summed E-state index contributed by atoms with van der Waals surface area (Å²) in [7, 11) is 0. The Hall–Kier alpha value is -0.800. The maximum absolute atomic E-state index is 13.2. The number of aliphatic hydroxyl groups is 1. The molecule has 1 fully saturated rings. The molecule has 1 atom stereocenters. The highest BCUT2D eigenvalue weighted by molar-refractivity contribution is 6.30. The Kier molecular flexibility index (Phi) is 4.84. The molecular weight excluding hydrogens is 255 g/mol. The fourth-order valence-electron chi connectivity index (χ4n) is 2.46. The highest BCUT2D eigenvalue weighted by Crippen LogP contribution is 2.28. The summed E-state index contributed by atoms with van der Waals surface area (Å²) in [6.07, 6.45) is 5.23. The van der Waals surface area contributed by atoms with Gasteiger partial charge in [0.2, 0.25) is 0 Å². The average molecular weight is 273 g/mol. The molecule has 1 aliphatic rings. The van der Waals surface area contributed by atoms with E-state index in [1.54, 1.807) is 6.07 Å². The summed E-state index contributed by atoms with van der Waals surface area (Å²) in [5.41, 5.74) is 0. The summed E-state index contributed by atoms with van der Waals surface area (Å²) in [6.45, 7) is 0.206. The minimum Gasteiger partial charge on any atom is -0.491 e. The van der Waals surface area contributed by atoms with Crippen LogP contribution in [0.3, 0.4) is 0 Å². The third kappa shape index (κ3) is 3.85. The summed E-state index contributed by atoms with van der Waals surface area (Å²) in [6, 6.07) is 4.30. The van der Waals surface area contributed by atoms with Gasteiger partial charge in [-0.3, -0.25) is 0 Å². The Labute approximate surface area is 112 Å². The van der Waals surface area contributed by atoms with Crippen LogP contribution in [0.5, 0.6) is 5.75 Å². The van der Waals surface area contributed by atoms with Gasteiger partial charge >= 0.3 is 0 Å². The van der Waals surface area contributed by atoms with Crippen LogP contribution in [-0.2, 0) is 0 Å². The molecule has 0 heterocycles. The van der Waals surface area contributed by atoms with E-state index in [2.05, 4.69) is 0 Å². The lowest BCUT2D eigenvalue weighted by atomic mass is 10.0. The van der Waals surface area contributed by atoms with Gasteiger partial charge in [-0.1, -0.05) is 37.3 Å². The SMILES string of the molecule is OC(COc1ccc(Cl)c(F)c1)CC1CCCC1. The lowest BCUT2D eigenvalue weighted by Crippen LogP contribution is -2.20. The van der Waals surface area contributed by atoms with Crippen LogP contribution in [0.15, 0.2) is 18.2 Å². The molecule has 2 nitrogen and oxygen atoms in total. The van der Waals surface area contributed by atoms with Crippen molar-refractivity contribution in [3.63, 3.8) is 0 Å². The minimum atomic E-state index is -0.501. The largest absolute Gasteiger partial charge is 0.491 e. The van der Waals surface area contributed by atoms with Crippen LogP contribution < -0.4 is 4.74 Å². The average Bonchev–Trinajstić information content (AvgIpc) is 2.83. The van der Waals surface area contributed by atoms with Crippen LogP contribution in [0.1, 0.15) is 32.1 Å². The van der Waals surface area contributed by atoms with Crippen molar-refractivity contribution in [2.45, 2.75) is 38.2 Å². The van der Waals surface area contributed by atoms with E-state index in [9.17, 15) is 9.50 Å². The van der Waals surface area contributed by atoms with E-state index in [1.807, 2.05) is 0 Å². The zero-order chi connectivity index (χ0) is 13.0. The number of ether oxygens (including phenoxy) is 1. The maximum atomic E-state index is 13.2. The molecule has 0 aromatic heterocycles. The lowest BCUT2D eigenvalue weighted by Gasteiger charge is -2.16. The molecule has 0 amide bonds. The number of halogens is 2. The summed E-state index contributed by atoms with van der Waals surface area (Å²) < 4.78 is 18.5. The fourth-order valence-corrected chi connectivity index (χ4v) is 2.58. The van der Waals surface area contributed by atoms with Gasteiger partial charge in [-0.25, -0.2) is 4.39 Å². The topological polar surface area (TPSA) is 29.5 Å². The predicted octanol–water partition coefficient (Wildman–Crippen LogP) is 3.80. The van der Waals surface area contributed by atoms with Gasteiger partial charge in [-0.15, -0.1) is 0 Å². The van der Waals surface area contributed by atoms with Gasteiger partial charge in [0, 0.05) is 6.07 Å². The number of aliphatic hydroxyl groups excluding tert-OH is 1. The second kappa shape index (κ2) is 6.39. The van der Waals surface area contributed by atoms with Gasteiger partial charge < -0.3 is 9.84 Å². The number of hydrogen-bond donors (Lipinski definition) is 1. The first-order chi connectivity index (χ1) is 8.65. The Morgan fingerprint density at radius 1 is 1.39 bits per heavy atom. The summed E-state index contributed by atoms with van der Waals surface area (Å²) >= 11 is 5.58. The van der Waals surface area contributed by atoms with E-state index in [1.165, 1.54) is 37.8 Å². The van der Waals surface area contributed by atoms with Crippen LogP contribution in [0, 0.1) is 11.7 Å². The zero-order valence-electron chi connectivity index (χ0n) is 10.2. The van der Waals surface area contributed by atoms with Crippen LogP contribution in [0.25, 0.3) is 0 Å². The van der Waals surface area contributed by atoms with E-state index in [0.29, 0.717) is 11.7 Å². The third-order valence-electron chi connectivity index (χ3n) is 3.41. The molecule has 0 aliphatic heterocycles. The van der Waals surface area contributed by atoms with Crippen molar-refractivity contribution in [2.75, 3.05) is 6.61 Å². The second-order valence-electron chi connectivity index (χ2n) is 4.93. The molecule has 0 bridgehead atoms. The monoisotopic (exact) mass is 272 g/mol. The predicted molar refractivity (Wildman–Crippen MR) is 69.5 cm³/mol. The Morgan fingerprint density at radius 3 is 2.78 bits per heavy atom. The van der Waals surface area contributed by atoms with Gasteiger partial charge in [0.1, 0.15) is 18.2 Å². The van der Waals surface area contributed by atoms with Gasteiger partial charge in [0.05, 0.1) is 11.1 Å². The molecular formula is C14H18ClFO2. The van der Waals surface area contributed by atoms with Crippen molar-refractivity contribution in [1.82, 2.24) is 0 Å². The Bertz CT molecular complexity index is 391. The maximum Gasteiger partial charge on any atom is 0.145 e. The van der Waals surface area contributed by atoms with Crippen molar-refractivity contribution in [1.29, 1.82) is 0 Å². The van der Waals surface area contributed by atoms with E-state index in [0.717, 1.165) is 6.42 Å². The van der Waals surface area contributed by atoms with Crippen LogP contribution in [0.2, 0.25) is 5.02 Å². The molecule has 1 aromatic rings. The third-order valence-corrected chi connectivity index (χ3v) is 3.72. The van der Waals surface area contributed by atoms with E-state index in [-0.39, 0.29) is 11.6 Å². The number of benzene rings is 1. The number of hydrogen-bond acceptors (Lipinski definition) is 2. The highest BCUT2D eigenvalue weighted by atomic mass is 35.5. The van der Waals surface area contributed by atoms with Gasteiger partial charge in [0.15, 0.2) is 0 Å². The second-order valence-corrected chi connectivity index (χ2v) is 5.33. The fraction of sp³-hybridized carbons (Fsp3) is 0.571. The van der Waals surface area contributed by atoms with Crippen molar-refractivity contribution in [3.05, 3.63) is 29.0 Å². The molecule has 1 N–H and O–H groups in total. The molecule has 100 valence electrons. The quantitative estimate of drug-likeness (QED) is 0.883. The van der Waals surface area contributed by atoms with Crippen molar-refractivity contribution >= 4 is 11.6 Å². The molecule has 0 spiro atoms. The normalized spacial score (nSPS) is 17.9. The van der Waals surface area contributed by atoms with Crippen LogP contribution in [-0.4, -0.2) is 17.8 Å². The Balaban J connectivity index is 1.77. The molecule has 1 aromatic carbocycles. The molecule has 2 rings (SSSR count). The van der Waals surface area contributed by atoms with Gasteiger partial charge in [-0.05, 0) is 24.5 Å². The highest BCUT2D eigenvalue weighted by Gasteiger charge is 2.19. The molecule has 18 heavy (non-hydrogen) atoms. The van der Waals surface area contributed by atoms with Gasteiger partial charge in [0.25, 0.3) is 0 Å². The van der Waals surface area contributed by atoms with Crippen molar-refractivity contribution < 1.29 is 14.2 Å². The van der Waals surface area contributed by atoms with Crippen LogP contribution >= 0.6 is 11.6 Å². The smallest absolute Gasteiger partial charge is 0.145 e. The molecule has 1 saturated carbocycles. The molecule has 4 heteroatoms. The molecule has 0 saturated heterocycles. The summed E-state index contributed by atoms with van der Waals surface area (Å²) in [5.74, 6) is 0.521. The first kappa shape index (κ1) is 13.6. The Morgan fingerprint density at radius 2 is 2.11 bits per heavy atom. The van der Waals surface area contributed by atoms with Gasteiger partial charge in [-0.2, -0.15) is 0 Å². The first-order valence-corrected chi connectivity index (χ1v) is 6.79. The number of rotatable bonds is 5. The molecule has 0 radical (unpaired) electrons. The van der Waals surface area contributed by atoms with E-state index >= 15 is 0 Å². The zero-order valence-corrected chi connectivity index (χ0v) is 11.0. The van der Waals surface area contributed by atoms with Crippen molar-refractivity contribution in [2.24, 2.45) is 5.92 Å². The van der Waals surface area contributed by atoms with Crippen molar-refractivity contribution in [3.8, 4) is 5.75 Å². The van der Waals surface area contributed by atoms with E-state index in [4.69, 9.17) is 16.3 Å². The standard InChI is InChI=1S/C14H18ClFO2/c15-13-6-5-12(8-14(13)16)18-9-11(17)7-10-3-1-2-4-10/h5-6,8,10-11,17H,1-4,7,9H2. The molecule has 1 aliphatic carbocycles. The molecule has 1 unspecified atom stereocenters. The summed E-state index contributed by atoms with van der Waals surface area (Å²) in [4.78, 5) is 0. The lowest BCUT2D eigenvalue weighted by molar-refractivity contribution is 0.0854. The minimum absolute atomic E-state index is 0.0776. The first-order valence-electron chi connectivity index (χ1n) is 6.41. The summed E-state index contributed by atoms with van der Waals surface area (Å²) in [5, 5.41) is 9.93.